The number of anilines is 2. The number of benzene rings is 1. The smallest absolute Gasteiger partial charge is 0.159 e. The molecule has 9 heteroatoms. The van der Waals surface area contributed by atoms with Crippen LogP contribution < -0.4 is 5.32 Å². The summed E-state index contributed by atoms with van der Waals surface area (Å²) in [6, 6.07) is 7.08. The van der Waals surface area contributed by atoms with Crippen LogP contribution in [0.3, 0.4) is 0 Å². The molecule has 0 atom stereocenters. The van der Waals surface area contributed by atoms with E-state index in [1.54, 1.807) is 24.3 Å². The number of hydrogen-bond acceptors (Lipinski definition) is 5. The molecular formula is C17H11Cl3N6. The Labute approximate surface area is 163 Å². The summed E-state index contributed by atoms with van der Waals surface area (Å²) in [6.07, 6.45) is 3.01. The summed E-state index contributed by atoms with van der Waals surface area (Å²) < 4.78 is 0. The average molecular weight is 406 g/mol. The zero-order chi connectivity index (χ0) is 18.3. The molecule has 0 aliphatic carbocycles. The summed E-state index contributed by atoms with van der Waals surface area (Å²) in [6.45, 7) is 1.88. The van der Waals surface area contributed by atoms with Gasteiger partial charge in [-0.25, -0.2) is 19.9 Å². The summed E-state index contributed by atoms with van der Waals surface area (Å²) in [7, 11) is 0. The topological polar surface area (TPSA) is 79.4 Å². The first-order chi connectivity index (χ1) is 12.5. The van der Waals surface area contributed by atoms with E-state index in [1.165, 1.54) is 12.5 Å². The number of H-pyrrole nitrogens is 1. The fourth-order valence-electron chi connectivity index (χ4n) is 2.54. The second-order valence-corrected chi connectivity index (χ2v) is 6.75. The van der Waals surface area contributed by atoms with E-state index in [2.05, 4.69) is 30.2 Å². The molecule has 0 aliphatic heterocycles. The number of hydrogen-bond donors (Lipinski definition) is 2. The molecule has 0 radical (unpaired) electrons. The number of imidazole rings is 1. The number of rotatable bonds is 3. The first kappa shape index (κ1) is 17.0. The normalized spacial score (nSPS) is 11.1. The number of pyridine rings is 1. The minimum Gasteiger partial charge on any atom is -0.336 e. The third kappa shape index (κ3) is 3.07. The molecule has 1 aromatic carbocycles. The zero-order valence-electron chi connectivity index (χ0n) is 13.4. The van der Waals surface area contributed by atoms with Gasteiger partial charge in [0.05, 0.1) is 32.3 Å². The van der Waals surface area contributed by atoms with Gasteiger partial charge >= 0.3 is 0 Å². The number of aryl methyl sites for hydroxylation is 1. The van der Waals surface area contributed by atoms with Crippen LogP contribution in [-0.2, 0) is 0 Å². The SMILES string of the molecule is Cc1cc(Nc2ncc(Cl)c3[nH]c(-c4c(Cl)cccc4Cl)nc23)ncn1. The van der Waals surface area contributed by atoms with Crippen molar-refractivity contribution >= 4 is 57.5 Å². The first-order valence-electron chi connectivity index (χ1n) is 7.57. The third-order valence-corrected chi connectivity index (χ3v) is 4.64. The molecule has 3 heterocycles. The van der Waals surface area contributed by atoms with E-state index in [9.17, 15) is 0 Å². The number of halogens is 3. The van der Waals surface area contributed by atoms with Crippen molar-refractivity contribution in [3.05, 3.63) is 57.6 Å². The van der Waals surface area contributed by atoms with Crippen molar-refractivity contribution in [2.75, 3.05) is 5.32 Å². The van der Waals surface area contributed by atoms with Gasteiger partial charge in [0.2, 0.25) is 0 Å². The van der Waals surface area contributed by atoms with E-state index < -0.39 is 0 Å². The predicted octanol–water partition coefficient (Wildman–Crippen LogP) is 5.43. The molecule has 0 amide bonds. The van der Waals surface area contributed by atoms with Gasteiger partial charge in [0.1, 0.15) is 23.5 Å². The molecule has 3 aromatic heterocycles. The number of aromatic amines is 1. The largest absolute Gasteiger partial charge is 0.336 e. The number of nitrogens with zero attached hydrogens (tertiary/aromatic N) is 4. The summed E-state index contributed by atoms with van der Waals surface area (Å²) >= 11 is 18.9. The Morgan fingerprint density at radius 2 is 1.77 bits per heavy atom. The lowest BCUT2D eigenvalue weighted by molar-refractivity contribution is 1.10. The molecule has 0 spiro atoms. The molecule has 0 saturated carbocycles. The molecule has 0 aliphatic rings. The Balaban J connectivity index is 1.86. The Bertz CT molecular complexity index is 1100. The van der Waals surface area contributed by atoms with Crippen molar-refractivity contribution in [2.24, 2.45) is 0 Å². The molecule has 6 nitrogen and oxygen atoms in total. The monoisotopic (exact) mass is 404 g/mol. The summed E-state index contributed by atoms with van der Waals surface area (Å²) in [4.78, 5) is 20.4. The van der Waals surface area contributed by atoms with Gasteiger partial charge in [0, 0.05) is 11.8 Å². The Hall–Kier alpha value is -2.41. The minimum atomic E-state index is 0.436. The Morgan fingerprint density at radius 1 is 1.00 bits per heavy atom. The Morgan fingerprint density at radius 3 is 2.50 bits per heavy atom. The van der Waals surface area contributed by atoms with Gasteiger partial charge in [-0.1, -0.05) is 40.9 Å². The molecule has 4 aromatic rings. The maximum absolute atomic E-state index is 6.29. The maximum atomic E-state index is 6.29. The van der Waals surface area contributed by atoms with Crippen LogP contribution in [0.1, 0.15) is 5.69 Å². The zero-order valence-corrected chi connectivity index (χ0v) is 15.7. The Kier molecular flexibility index (Phi) is 4.40. The fraction of sp³-hybridized carbons (Fsp3) is 0.0588. The van der Waals surface area contributed by atoms with Gasteiger partial charge in [-0.3, -0.25) is 0 Å². The molecule has 4 rings (SSSR count). The van der Waals surface area contributed by atoms with E-state index in [0.717, 1.165) is 5.69 Å². The third-order valence-electron chi connectivity index (χ3n) is 3.72. The molecule has 0 bridgehead atoms. The standard InChI is InChI=1S/C17H11Cl3N6/c1-8-5-12(23-7-22-8)24-17-15-14(11(20)6-21-17)25-16(26-15)13-9(18)3-2-4-10(13)19/h2-7H,1H3,(H,25,26)(H,21,22,23,24). The lowest BCUT2D eigenvalue weighted by Crippen LogP contribution is -1.98. The van der Waals surface area contributed by atoms with Gasteiger partial charge in [0.25, 0.3) is 0 Å². The highest BCUT2D eigenvalue weighted by molar-refractivity contribution is 6.39. The van der Waals surface area contributed by atoms with Crippen LogP contribution in [0.2, 0.25) is 15.1 Å². The fourth-order valence-corrected chi connectivity index (χ4v) is 3.30. The second-order valence-electron chi connectivity index (χ2n) is 5.53. The van der Waals surface area contributed by atoms with Gasteiger partial charge < -0.3 is 10.3 Å². The molecule has 0 fully saturated rings. The molecule has 0 saturated heterocycles. The van der Waals surface area contributed by atoms with Gasteiger partial charge in [-0.15, -0.1) is 0 Å². The predicted molar refractivity (Wildman–Crippen MR) is 104 cm³/mol. The first-order valence-corrected chi connectivity index (χ1v) is 8.70. The van der Waals surface area contributed by atoms with Crippen LogP contribution >= 0.6 is 34.8 Å². The number of nitrogens with one attached hydrogen (secondary N) is 2. The highest BCUT2D eigenvalue weighted by Crippen LogP contribution is 2.36. The second kappa shape index (κ2) is 6.72. The van der Waals surface area contributed by atoms with E-state index in [-0.39, 0.29) is 0 Å². The van der Waals surface area contributed by atoms with Crippen molar-refractivity contribution in [1.29, 1.82) is 0 Å². The van der Waals surface area contributed by atoms with Crippen LogP contribution in [0.4, 0.5) is 11.6 Å². The van der Waals surface area contributed by atoms with E-state index in [0.29, 0.717) is 49.1 Å². The quantitative estimate of drug-likeness (QED) is 0.475. The van der Waals surface area contributed by atoms with Crippen molar-refractivity contribution < 1.29 is 0 Å². The van der Waals surface area contributed by atoms with Crippen LogP contribution in [0.5, 0.6) is 0 Å². The summed E-state index contributed by atoms with van der Waals surface area (Å²) in [5.41, 5.74) is 2.62. The van der Waals surface area contributed by atoms with Crippen molar-refractivity contribution in [2.45, 2.75) is 6.92 Å². The molecular weight excluding hydrogens is 395 g/mol. The van der Waals surface area contributed by atoms with Crippen LogP contribution in [0.25, 0.3) is 22.4 Å². The maximum Gasteiger partial charge on any atom is 0.159 e. The minimum absolute atomic E-state index is 0.436. The molecule has 0 unspecified atom stereocenters. The van der Waals surface area contributed by atoms with Gasteiger partial charge in [-0.05, 0) is 19.1 Å². The summed E-state index contributed by atoms with van der Waals surface area (Å²) in [5, 5.41) is 4.55. The lowest BCUT2D eigenvalue weighted by atomic mass is 10.2. The van der Waals surface area contributed by atoms with E-state index in [4.69, 9.17) is 34.8 Å². The highest BCUT2D eigenvalue weighted by Gasteiger charge is 2.17. The van der Waals surface area contributed by atoms with E-state index in [1.807, 2.05) is 6.92 Å². The number of aromatic nitrogens is 5. The number of fused-ring (bicyclic) bond motifs is 1. The molecule has 130 valence electrons. The highest BCUT2D eigenvalue weighted by atomic mass is 35.5. The average Bonchev–Trinajstić information content (AvgIpc) is 3.03. The van der Waals surface area contributed by atoms with Crippen molar-refractivity contribution in [1.82, 2.24) is 24.9 Å². The van der Waals surface area contributed by atoms with Crippen LogP contribution in [0.15, 0.2) is 36.8 Å². The molecule has 2 N–H and O–H groups in total. The summed E-state index contributed by atoms with van der Waals surface area (Å²) in [5.74, 6) is 1.62. The van der Waals surface area contributed by atoms with Crippen molar-refractivity contribution in [3.63, 3.8) is 0 Å². The van der Waals surface area contributed by atoms with Gasteiger partial charge in [0.15, 0.2) is 5.82 Å². The lowest BCUT2D eigenvalue weighted by Gasteiger charge is -2.05. The molecule has 26 heavy (non-hydrogen) atoms. The van der Waals surface area contributed by atoms with Crippen molar-refractivity contribution in [3.8, 4) is 11.4 Å². The van der Waals surface area contributed by atoms with Gasteiger partial charge in [-0.2, -0.15) is 0 Å². The van der Waals surface area contributed by atoms with E-state index >= 15 is 0 Å². The van der Waals surface area contributed by atoms with Crippen LogP contribution in [-0.4, -0.2) is 24.9 Å². The van der Waals surface area contributed by atoms with Crippen LogP contribution in [0, 0.1) is 6.92 Å².